The number of carbonyl (C=O) groups is 1. The molecule has 2 aromatic rings. The Morgan fingerprint density at radius 1 is 0.958 bits per heavy atom. The van der Waals surface area contributed by atoms with Crippen LogP contribution in [-0.2, 0) is 6.42 Å². The first kappa shape index (κ1) is 18.1. The van der Waals surface area contributed by atoms with Gasteiger partial charge in [0.2, 0.25) is 0 Å². The number of rotatable bonds is 10. The van der Waals surface area contributed by atoms with Gasteiger partial charge in [-0.2, -0.15) is 0 Å². The summed E-state index contributed by atoms with van der Waals surface area (Å²) in [6, 6.07) is 14.7. The minimum atomic E-state index is -0.966. The number of aryl methyl sites for hydroxylation is 1. The first-order chi connectivity index (χ1) is 11.7. The summed E-state index contributed by atoms with van der Waals surface area (Å²) >= 11 is 0. The maximum absolute atomic E-state index is 11.4. The third kappa shape index (κ3) is 5.73. The van der Waals surface area contributed by atoms with Crippen LogP contribution in [0.3, 0.4) is 0 Å². The van der Waals surface area contributed by atoms with Crippen LogP contribution in [0.1, 0.15) is 61.4 Å². The maximum Gasteiger partial charge on any atom is 0.339 e. The van der Waals surface area contributed by atoms with Crippen molar-refractivity contribution in [2.75, 3.05) is 0 Å². The van der Waals surface area contributed by atoms with Gasteiger partial charge in [0.15, 0.2) is 0 Å². The SMILES string of the molecule is CCCCCCCCc1ccc(C(=O)O)c(Oc2ccccc2)c1. The lowest BCUT2D eigenvalue weighted by Crippen LogP contribution is -2.01. The van der Waals surface area contributed by atoms with Gasteiger partial charge in [0.1, 0.15) is 17.1 Å². The van der Waals surface area contributed by atoms with E-state index in [-0.39, 0.29) is 5.56 Å². The Kier molecular flexibility index (Phi) is 7.34. The van der Waals surface area contributed by atoms with Gasteiger partial charge in [0.25, 0.3) is 0 Å². The van der Waals surface area contributed by atoms with E-state index >= 15 is 0 Å². The number of hydrogen-bond acceptors (Lipinski definition) is 2. The average molecular weight is 326 g/mol. The molecule has 0 aliphatic carbocycles. The molecule has 0 aromatic heterocycles. The Hall–Kier alpha value is -2.29. The first-order valence-electron chi connectivity index (χ1n) is 8.80. The van der Waals surface area contributed by atoms with Gasteiger partial charge in [-0.05, 0) is 42.7 Å². The molecule has 0 saturated carbocycles. The summed E-state index contributed by atoms with van der Waals surface area (Å²) in [6.07, 6.45) is 8.44. The third-order valence-electron chi connectivity index (χ3n) is 4.07. The highest BCUT2D eigenvalue weighted by atomic mass is 16.5. The van der Waals surface area contributed by atoms with Gasteiger partial charge in [-0.1, -0.05) is 63.3 Å². The normalized spacial score (nSPS) is 10.5. The van der Waals surface area contributed by atoms with Crippen LogP contribution in [0.15, 0.2) is 48.5 Å². The van der Waals surface area contributed by atoms with Gasteiger partial charge in [0.05, 0.1) is 0 Å². The zero-order valence-electron chi connectivity index (χ0n) is 14.3. The van der Waals surface area contributed by atoms with E-state index in [2.05, 4.69) is 6.92 Å². The zero-order valence-corrected chi connectivity index (χ0v) is 14.3. The third-order valence-corrected chi connectivity index (χ3v) is 4.07. The Labute approximate surface area is 144 Å². The molecule has 128 valence electrons. The summed E-state index contributed by atoms with van der Waals surface area (Å²) in [5, 5.41) is 9.35. The predicted molar refractivity (Wildman–Crippen MR) is 97.0 cm³/mol. The van der Waals surface area contributed by atoms with Gasteiger partial charge < -0.3 is 9.84 Å². The van der Waals surface area contributed by atoms with Crippen molar-refractivity contribution in [3.05, 3.63) is 59.7 Å². The Balaban J connectivity index is 2.00. The molecule has 3 heteroatoms. The van der Waals surface area contributed by atoms with E-state index in [1.807, 2.05) is 42.5 Å². The van der Waals surface area contributed by atoms with Crippen LogP contribution in [0.4, 0.5) is 0 Å². The van der Waals surface area contributed by atoms with E-state index in [0.717, 1.165) is 18.4 Å². The number of carboxylic acids is 1. The summed E-state index contributed by atoms with van der Waals surface area (Å²) in [6.45, 7) is 2.22. The first-order valence-corrected chi connectivity index (χ1v) is 8.80. The molecule has 0 bridgehead atoms. The summed E-state index contributed by atoms with van der Waals surface area (Å²) in [5.74, 6) is 0.0981. The van der Waals surface area contributed by atoms with Crippen molar-refractivity contribution in [2.24, 2.45) is 0 Å². The van der Waals surface area contributed by atoms with Crippen LogP contribution in [0, 0.1) is 0 Å². The van der Waals surface area contributed by atoms with Crippen LogP contribution in [0.25, 0.3) is 0 Å². The van der Waals surface area contributed by atoms with E-state index in [0.29, 0.717) is 11.5 Å². The lowest BCUT2D eigenvalue weighted by Gasteiger charge is -2.11. The second-order valence-electron chi connectivity index (χ2n) is 6.07. The summed E-state index contributed by atoms with van der Waals surface area (Å²) in [5.41, 5.74) is 1.33. The van der Waals surface area contributed by atoms with Gasteiger partial charge in [-0.3, -0.25) is 0 Å². The molecule has 2 aromatic carbocycles. The number of para-hydroxylation sites is 1. The van der Waals surface area contributed by atoms with Crippen molar-refractivity contribution in [3.8, 4) is 11.5 Å². The summed E-state index contributed by atoms with van der Waals surface area (Å²) in [4.78, 5) is 11.4. The fraction of sp³-hybridized carbons (Fsp3) is 0.381. The Bertz CT molecular complexity index is 635. The van der Waals surface area contributed by atoms with Crippen molar-refractivity contribution in [1.82, 2.24) is 0 Å². The molecular weight excluding hydrogens is 300 g/mol. The molecule has 0 heterocycles. The number of aromatic carboxylic acids is 1. The van der Waals surface area contributed by atoms with Gasteiger partial charge in [-0.15, -0.1) is 0 Å². The van der Waals surface area contributed by atoms with Crippen molar-refractivity contribution in [3.63, 3.8) is 0 Å². The Morgan fingerprint density at radius 3 is 2.38 bits per heavy atom. The highest BCUT2D eigenvalue weighted by Gasteiger charge is 2.13. The largest absolute Gasteiger partial charge is 0.478 e. The zero-order chi connectivity index (χ0) is 17.2. The molecular formula is C21H26O3. The molecule has 0 atom stereocenters. The smallest absolute Gasteiger partial charge is 0.339 e. The highest BCUT2D eigenvalue weighted by Crippen LogP contribution is 2.27. The van der Waals surface area contributed by atoms with Crippen LogP contribution in [0.2, 0.25) is 0 Å². The summed E-state index contributed by atoms with van der Waals surface area (Å²) in [7, 11) is 0. The van der Waals surface area contributed by atoms with Crippen LogP contribution >= 0.6 is 0 Å². The number of hydrogen-bond donors (Lipinski definition) is 1. The van der Waals surface area contributed by atoms with Gasteiger partial charge in [-0.25, -0.2) is 4.79 Å². The number of carboxylic acid groups (broad SMARTS) is 1. The molecule has 0 fully saturated rings. The minimum absolute atomic E-state index is 0.200. The quantitative estimate of drug-likeness (QED) is 0.538. The van der Waals surface area contributed by atoms with E-state index in [1.54, 1.807) is 6.07 Å². The molecule has 1 N–H and O–H groups in total. The molecule has 24 heavy (non-hydrogen) atoms. The van der Waals surface area contributed by atoms with Crippen molar-refractivity contribution >= 4 is 5.97 Å². The lowest BCUT2D eigenvalue weighted by molar-refractivity contribution is 0.0694. The van der Waals surface area contributed by atoms with Crippen molar-refractivity contribution in [2.45, 2.75) is 51.9 Å². The monoisotopic (exact) mass is 326 g/mol. The highest BCUT2D eigenvalue weighted by molar-refractivity contribution is 5.91. The van der Waals surface area contributed by atoms with Crippen LogP contribution < -0.4 is 4.74 Å². The number of ether oxygens (including phenoxy) is 1. The standard InChI is InChI=1S/C21H26O3/c1-2-3-4-5-6-8-11-17-14-15-19(21(22)23)20(16-17)24-18-12-9-7-10-13-18/h7,9-10,12-16H,2-6,8,11H2,1H3,(H,22,23). The van der Waals surface area contributed by atoms with E-state index in [4.69, 9.17) is 4.74 Å². The molecule has 0 aliphatic heterocycles. The minimum Gasteiger partial charge on any atom is -0.478 e. The van der Waals surface area contributed by atoms with E-state index < -0.39 is 5.97 Å². The Morgan fingerprint density at radius 2 is 1.67 bits per heavy atom. The average Bonchev–Trinajstić information content (AvgIpc) is 2.59. The van der Waals surface area contributed by atoms with E-state index in [1.165, 1.54) is 32.1 Å². The van der Waals surface area contributed by atoms with Crippen LogP contribution in [0.5, 0.6) is 11.5 Å². The molecule has 0 saturated heterocycles. The van der Waals surface area contributed by atoms with E-state index in [9.17, 15) is 9.90 Å². The van der Waals surface area contributed by atoms with Crippen molar-refractivity contribution in [1.29, 1.82) is 0 Å². The second-order valence-corrected chi connectivity index (χ2v) is 6.07. The fourth-order valence-electron chi connectivity index (χ4n) is 2.71. The maximum atomic E-state index is 11.4. The topological polar surface area (TPSA) is 46.5 Å². The van der Waals surface area contributed by atoms with Crippen molar-refractivity contribution < 1.29 is 14.6 Å². The summed E-state index contributed by atoms with van der Waals surface area (Å²) < 4.78 is 5.79. The lowest BCUT2D eigenvalue weighted by atomic mass is 10.0. The molecule has 0 spiro atoms. The predicted octanol–water partition coefficient (Wildman–Crippen LogP) is 6.08. The van der Waals surface area contributed by atoms with Crippen LogP contribution in [-0.4, -0.2) is 11.1 Å². The molecule has 0 aliphatic rings. The number of benzene rings is 2. The molecule has 0 amide bonds. The second kappa shape index (κ2) is 9.76. The molecule has 2 rings (SSSR count). The van der Waals surface area contributed by atoms with Gasteiger partial charge >= 0.3 is 5.97 Å². The molecule has 0 radical (unpaired) electrons. The molecule has 0 unspecified atom stereocenters. The number of unbranched alkanes of at least 4 members (excludes halogenated alkanes) is 5. The molecule has 3 nitrogen and oxygen atoms in total. The van der Waals surface area contributed by atoms with Gasteiger partial charge in [0, 0.05) is 0 Å². The fourth-order valence-corrected chi connectivity index (χ4v) is 2.71.